The number of carbonyl (C=O) groups is 1. The predicted octanol–water partition coefficient (Wildman–Crippen LogP) is -5.38. The van der Waals surface area contributed by atoms with Gasteiger partial charge in [0.1, 0.15) is 15.9 Å². The van der Waals surface area contributed by atoms with Crippen LogP contribution in [0.25, 0.3) is 5.65 Å². The molecule has 0 atom stereocenters. The maximum atomic E-state index is 11.3. The number of nitrogens with zero attached hydrogens (tertiary/aromatic N) is 5. The van der Waals surface area contributed by atoms with E-state index in [-0.39, 0.29) is 70.5 Å². The van der Waals surface area contributed by atoms with Gasteiger partial charge in [-0.25, -0.2) is 13.4 Å². The van der Waals surface area contributed by atoms with Crippen molar-refractivity contribution in [3.8, 4) is 0 Å². The molecule has 14 heteroatoms. The van der Waals surface area contributed by atoms with Crippen molar-refractivity contribution in [3.63, 3.8) is 0 Å². The number of hydrogen-bond acceptors (Lipinski definition) is 10. The van der Waals surface area contributed by atoms with Gasteiger partial charge in [0.15, 0.2) is 11.3 Å². The van der Waals surface area contributed by atoms with Gasteiger partial charge < -0.3 is 20.2 Å². The predicted molar refractivity (Wildman–Crippen MR) is 89.8 cm³/mol. The fraction of sp³-hybridized carbons (Fsp3) is 0.133. The molecule has 29 heavy (non-hydrogen) atoms. The number of aromatic nitrogens is 3. The van der Waals surface area contributed by atoms with Crippen molar-refractivity contribution < 1.29 is 82.0 Å². The Labute approximate surface area is 209 Å². The molecule has 0 fully saturated rings. The average molecular weight is 434 g/mol. The molecule has 0 unspecified atom stereocenters. The van der Waals surface area contributed by atoms with E-state index in [1.54, 1.807) is 19.9 Å². The summed E-state index contributed by atoms with van der Waals surface area (Å²) in [5, 5.41) is 23.3. The number of fused-ring (bicyclic) bond motifs is 1. The zero-order valence-corrected chi connectivity index (χ0v) is 20.9. The molecule has 0 aliphatic rings. The molecule has 3 aromatic rings. The van der Waals surface area contributed by atoms with Crippen molar-refractivity contribution in [3.05, 3.63) is 41.2 Å². The molecular formula is C15H12N6Na2O5S. The van der Waals surface area contributed by atoms with Crippen LogP contribution >= 0.6 is 0 Å². The summed E-state index contributed by atoms with van der Waals surface area (Å²) in [7, 11) is -4.83. The zero-order chi connectivity index (χ0) is 19.9. The number of carbonyl (C=O) groups excluding carboxylic acids is 1. The van der Waals surface area contributed by atoms with Gasteiger partial charge in [0.05, 0.1) is 22.2 Å². The second kappa shape index (κ2) is 9.62. The summed E-state index contributed by atoms with van der Waals surface area (Å²) < 4.78 is 34.6. The number of aryl methyl sites for hydroxylation is 2. The van der Waals surface area contributed by atoms with Crippen LogP contribution in [0.2, 0.25) is 0 Å². The molecule has 1 aromatic carbocycles. The van der Waals surface area contributed by atoms with Crippen LogP contribution in [-0.4, -0.2) is 33.5 Å². The Kier molecular flexibility index (Phi) is 8.51. The number of carboxylic acid groups (broad SMARTS) is 1. The molecule has 3 rings (SSSR count). The molecule has 2 heterocycles. The first-order chi connectivity index (χ1) is 12.6. The maximum Gasteiger partial charge on any atom is 1.00 e. The minimum absolute atomic E-state index is 0. The Morgan fingerprint density at radius 3 is 2.41 bits per heavy atom. The van der Waals surface area contributed by atoms with E-state index in [9.17, 15) is 22.9 Å². The van der Waals surface area contributed by atoms with Crippen molar-refractivity contribution in [2.45, 2.75) is 18.7 Å². The molecule has 0 spiro atoms. The van der Waals surface area contributed by atoms with Crippen LogP contribution in [0.1, 0.15) is 21.7 Å². The molecular weight excluding hydrogens is 422 g/mol. The number of carboxylic acids is 1. The fourth-order valence-electron chi connectivity index (χ4n) is 2.40. The van der Waals surface area contributed by atoms with E-state index in [0.717, 1.165) is 12.1 Å². The molecule has 0 saturated carbocycles. The van der Waals surface area contributed by atoms with Gasteiger partial charge in [-0.1, -0.05) is 0 Å². The summed E-state index contributed by atoms with van der Waals surface area (Å²) in [6.45, 7) is 3.38. The van der Waals surface area contributed by atoms with E-state index >= 15 is 0 Å². The van der Waals surface area contributed by atoms with Crippen molar-refractivity contribution in [1.29, 1.82) is 0 Å². The molecule has 140 valence electrons. The van der Waals surface area contributed by atoms with Crippen molar-refractivity contribution >= 4 is 38.9 Å². The van der Waals surface area contributed by atoms with Gasteiger partial charge in [0.2, 0.25) is 0 Å². The van der Waals surface area contributed by atoms with Crippen LogP contribution in [0.5, 0.6) is 0 Å². The molecule has 11 nitrogen and oxygen atoms in total. The number of nitrogen functional groups attached to an aromatic ring is 1. The summed E-state index contributed by atoms with van der Waals surface area (Å²) in [4.78, 5) is 14.9. The van der Waals surface area contributed by atoms with Gasteiger partial charge in [0, 0.05) is 17.3 Å². The number of anilines is 1. The zero-order valence-electron chi connectivity index (χ0n) is 16.1. The van der Waals surface area contributed by atoms with Crippen LogP contribution < -0.4 is 70.0 Å². The number of aromatic carboxylic acids is 1. The minimum atomic E-state index is -4.83. The molecule has 0 bridgehead atoms. The third kappa shape index (κ3) is 5.41. The quantitative estimate of drug-likeness (QED) is 0.240. The first-order valence-electron chi connectivity index (χ1n) is 7.43. The molecule has 0 aliphatic carbocycles. The number of azo groups is 1. The summed E-state index contributed by atoms with van der Waals surface area (Å²) in [6, 6.07) is 4.28. The van der Waals surface area contributed by atoms with E-state index in [1.807, 2.05) is 0 Å². The van der Waals surface area contributed by atoms with Crippen molar-refractivity contribution in [2.24, 2.45) is 10.2 Å². The van der Waals surface area contributed by atoms with E-state index < -0.39 is 26.5 Å². The Balaban J connectivity index is 0.00000210. The fourth-order valence-corrected chi connectivity index (χ4v) is 2.90. The van der Waals surface area contributed by atoms with Crippen LogP contribution in [0, 0.1) is 13.8 Å². The number of hydrogen-bond donors (Lipinski definition) is 1. The first kappa shape index (κ1) is 25.7. The van der Waals surface area contributed by atoms with Crippen LogP contribution in [0.15, 0.2) is 39.4 Å². The summed E-state index contributed by atoms with van der Waals surface area (Å²) in [5.41, 5.74) is 6.75. The molecule has 0 radical (unpaired) electrons. The van der Waals surface area contributed by atoms with E-state index in [2.05, 4.69) is 20.3 Å². The van der Waals surface area contributed by atoms with Crippen LogP contribution in [0.4, 0.5) is 17.2 Å². The van der Waals surface area contributed by atoms with Crippen LogP contribution in [0.3, 0.4) is 0 Å². The summed E-state index contributed by atoms with van der Waals surface area (Å²) >= 11 is 0. The Bertz CT molecular complexity index is 1230. The molecule has 0 saturated heterocycles. The smallest absolute Gasteiger partial charge is 0.744 e. The molecule has 0 amide bonds. The molecule has 2 aromatic heterocycles. The molecule has 0 aliphatic heterocycles. The third-order valence-electron chi connectivity index (χ3n) is 3.62. The summed E-state index contributed by atoms with van der Waals surface area (Å²) in [6.07, 6.45) is 0. The normalized spacial score (nSPS) is 11.3. The van der Waals surface area contributed by atoms with Gasteiger partial charge in [-0.2, -0.15) is 9.61 Å². The van der Waals surface area contributed by atoms with Gasteiger partial charge in [-0.15, -0.1) is 10.2 Å². The standard InChI is InChI=1S/C15H14N6O5S.2Na/c1-7-5-12(16)21-14(17-7)13(8(2)20-21)19-18-11-4-3-9(27(24,25)26)6-10(11)15(22)23;;/h3-6H,16H2,1-2H3,(H,22,23)(H,24,25,26);;/q;2*+1/p-2. The number of rotatable bonds is 4. The SMILES string of the molecule is Cc1cc(N)n2nc(C)c(N=Nc3ccc(S(=O)(=O)[O-])cc3C(=O)[O-])c2n1.[Na+].[Na+]. The topological polar surface area (TPSA) is 178 Å². The Morgan fingerprint density at radius 2 is 1.83 bits per heavy atom. The Hall–Kier alpha value is -1.38. The summed E-state index contributed by atoms with van der Waals surface area (Å²) in [5.74, 6) is -1.37. The van der Waals surface area contributed by atoms with Crippen LogP contribution in [-0.2, 0) is 10.1 Å². The van der Waals surface area contributed by atoms with Gasteiger partial charge in [-0.05, 0) is 32.0 Å². The van der Waals surface area contributed by atoms with Gasteiger partial charge >= 0.3 is 59.1 Å². The Morgan fingerprint density at radius 1 is 1.17 bits per heavy atom. The minimum Gasteiger partial charge on any atom is -0.744 e. The van der Waals surface area contributed by atoms with Crippen molar-refractivity contribution in [2.75, 3.05) is 5.73 Å². The largest absolute Gasteiger partial charge is 1.00 e. The van der Waals surface area contributed by atoms with Gasteiger partial charge in [-0.3, -0.25) is 0 Å². The van der Waals surface area contributed by atoms with E-state index in [1.165, 1.54) is 4.52 Å². The van der Waals surface area contributed by atoms with Crippen molar-refractivity contribution in [1.82, 2.24) is 14.6 Å². The first-order valence-corrected chi connectivity index (χ1v) is 8.84. The second-order valence-electron chi connectivity index (χ2n) is 5.61. The second-order valence-corrected chi connectivity index (χ2v) is 6.99. The third-order valence-corrected chi connectivity index (χ3v) is 4.45. The van der Waals surface area contributed by atoms with E-state index in [0.29, 0.717) is 28.9 Å². The average Bonchev–Trinajstić information content (AvgIpc) is 2.87. The van der Waals surface area contributed by atoms with Gasteiger partial charge in [0.25, 0.3) is 0 Å². The monoisotopic (exact) mass is 434 g/mol. The number of benzene rings is 1. The van der Waals surface area contributed by atoms with E-state index in [4.69, 9.17) is 5.73 Å². The maximum absolute atomic E-state index is 11.3. The number of nitrogens with two attached hydrogens (primary N) is 1. The molecule has 2 N–H and O–H groups in total.